The van der Waals surface area contributed by atoms with Crippen molar-refractivity contribution < 1.29 is 14.4 Å². The van der Waals surface area contributed by atoms with Crippen molar-refractivity contribution >= 4 is 5.69 Å². The van der Waals surface area contributed by atoms with E-state index in [1.807, 2.05) is 0 Å². The Bertz CT molecular complexity index is 480. The Kier molecular flexibility index (Phi) is 2.70. The number of nitro benzene ring substituents is 1. The molecule has 0 saturated heterocycles. The quantitative estimate of drug-likeness (QED) is 0.566. The average molecular weight is 249 g/mol. The van der Waals surface area contributed by atoms with Gasteiger partial charge >= 0.3 is 0 Å². The molecule has 0 amide bonds. The molecule has 1 aromatic carbocycles. The molecule has 1 aliphatic heterocycles. The van der Waals surface area contributed by atoms with Crippen LogP contribution in [0.4, 0.5) is 5.69 Å². The summed E-state index contributed by atoms with van der Waals surface area (Å²) in [6.45, 7) is 0.479. The lowest BCUT2D eigenvalue weighted by atomic mass is 9.93. The van der Waals surface area contributed by atoms with E-state index in [-0.39, 0.29) is 5.69 Å². The van der Waals surface area contributed by atoms with Crippen molar-refractivity contribution in [2.45, 2.75) is 44.5 Å². The van der Waals surface area contributed by atoms with Gasteiger partial charge in [-0.2, -0.15) is 0 Å². The molecule has 0 bridgehead atoms. The van der Waals surface area contributed by atoms with Gasteiger partial charge < -0.3 is 9.47 Å². The van der Waals surface area contributed by atoms with Crippen LogP contribution in [0.15, 0.2) is 18.2 Å². The third-order valence-corrected chi connectivity index (χ3v) is 3.66. The monoisotopic (exact) mass is 249 g/mol. The number of nitrogens with zero attached hydrogens (tertiary/aromatic N) is 1. The number of fused-ring (bicyclic) bond motifs is 1. The highest BCUT2D eigenvalue weighted by Gasteiger charge is 2.39. The number of rotatable bonds is 1. The van der Waals surface area contributed by atoms with Crippen LogP contribution in [0.1, 0.15) is 37.7 Å². The Hall–Kier alpha value is -1.62. The lowest BCUT2D eigenvalue weighted by Gasteiger charge is -2.40. The van der Waals surface area contributed by atoms with Crippen LogP contribution in [0, 0.1) is 10.1 Å². The third kappa shape index (κ3) is 1.95. The van der Waals surface area contributed by atoms with Gasteiger partial charge in [0.15, 0.2) is 0 Å². The molecule has 1 saturated carbocycles. The van der Waals surface area contributed by atoms with Gasteiger partial charge in [0.25, 0.3) is 5.69 Å². The molecular weight excluding hydrogens is 234 g/mol. The van der Waals surface area contributed by atoms with Crippen LogP contribution in [0.5, 0.6) is 5.75 Å². The lowest BCUT2D eigenvalue weighted by Crippen LogP contribution is -2.43. The van der Waals surface area contributed by atoms with E-state index < -0.39 is 10.7 Å². The number of ether oxygens (including phenoxy) is 2. The fourth-order valence-corrected chi connectivity index (χ4v) is 2.65. The summed E-state index contributed by atoms with van der Waals surface area (Å²) in [6.07, 6.45) is 5.12. The van der Waals surface area contributed by atoms with Crippen LogP contribution in [-0.4, -0.2) is 10.7 Å². The summed E-state index contributed by atoms with van der Waals surface area (Å²) in [5.74, 6) is 0.0675. The average Bonchev–Trinajstić information content (AvgIpc) is 2.38. The first-order valence-corrected chi connectivity index (χ1v) is 6.29. The van der Waals surface area contributed by atoms with Crippen molar-refractivity contribution in [1.82, 2.24) is 0 Å². The highest BCUT2D eigenvalue weighted by molar-refractivity contribution is 5.45. The van der Waals surface area contributed by atoms with Gasteiger partial charge in [-0.25, -0.2) is 0 Å². The molecule has 3 rings (SSSR count). The zero-order valence-corrected chi connectivity index (χ0v) is 10.1. The molecule has 1 heterocycles. The summed E-state index contributed by atoms with van der Waals surface area (Å²) < 4.78 is 11.8. The molecular formula is C13H15NO4. The fourth-order valence-electron chi connectivity index (χ4n) is 2.65. The zero-order chi connectivity index (χ0) is 12.6. The number of non-ortho nitro benzene ring substituents is 1. The molecule has 2 aliphatic rings. The van der Waals surface area contributed by atoms with Crippen molar-refractivity contribution in [3.63, 3.8) is 0 Å². The van der Waals surface area contributed by atoms with Gasteiger partial charge in [0.05, 0.1) is 17.6 Å². The number of hydrogen-bond donors (Lipinski definition) is 0. The Morgan fingerprint density at radius 2 is 2.00 bits per heavy atom. The third-order valence-electron chi connectivity index (χ3n) is 3.66. The van der Waals surface area contributed by atoms with E-state index in [1.165, 1.54) is 18.6 Å². The maximum absolute atomic E-state index is 10.8. The van der Waals surface area contributed by atoms with Gasteiger partial charge in [0.1, 0.15) is 5.75 Å². The standard InChI is InChI=1S/C13H15NO4/c15-14(16)11-5-4-10-9-17-13(18-12(10)8-11)6-2-1-3-7-13/h4-5,8H,1-3,6-7,9H2. The molecule has 1 aromatic rings. The molecule has 18 heavy (non-hydrogen) atoms. The molecule has 0 unspecified atom stereocenters. The molecule has 0 radical (unpaired) electrons. The molecule has 5 nitrogen and oxygen atoms in total. The topological polar surface area (TPSA) is 61.6 Å². The van der Waals surface area contributed by atoms with Gasteiger partial charge in [0.2, 0.25) is 5.79 Å². The first-order valence-electron chi connectivity index (χ1n) is 6.29. The molecule has 1 aliphatic carbocycles. The van der Waals surface area contributed by atoms with Crippen molar-refractivity contribution in [2.24, 2.45) is 0 Å². The van der Waals surface area contributed by atoms with Crippen LogP contribution in [-0.2, 0) is 11.3 Å². The van der Waals surface area contributed by atoms with Crippen LogP contribution < -0.4 is 4.74 Å². The summed E-state index contributed by atoms with van der Waals surface area (Å²) >= 11 is 0. The summed E-state index contributed by atoms with van der Waals surface area (Å²) in [7, 11) is 0. The van der Waals surface area contributed by atoms with Crippen LogP contribution in [0.3, 0.4) is 0 Å². The highest BCUT2D eigenvalue weighted by Crippen LogP contribution is 2.41. The van der Waals surface area contributed by atoms with Crippen molar-refractivity contribution in [3.05, 3.63) is 33.9 Å². The molecule has 0 atom stereocenters. The van der Waals surface area contributed by atoms with Gasteiger partial charge in [-0.3, -0.25) is 10.1 Å². The summed E-state index contributed by atoms with van der Waals surface area (Å²) in [5.41, 5.74) is 0.957. The second-order valence-electron chi connectivity index (χ2n) is 4.91. The van der Waals surface area contributed by atoms with Crippen LogP contribution in [0.25, 0.3) is 0 Å². The second kappa shape index (κ2) is 4.24. The minimum Gasteiger partial charge on any atom is -0.462 e. The summed E-state index contributed by atoms with van der Waals surface area (Å²) in [4.78, 5) is 10.4. The van der Waals surface area contributed by atoms with Gasteiger partial charge in [-0.05, 0) is 18.9 Å². The van der Waals surface area contributed by atoms with Crippen LogP contribution in [0.2, 0.25) is 0 Å². The lowest BCUT2D eigenvalue weighted by molar-refractivity contribution is -0.385. The van der Waals surface area contributed by atoms with E-state index in [1.54, 1.807) is 6.07 Å². The van der Waals surface area contributed by atoms with E-state index in [4.69, 9.17) is 9.47 Å². The van der Waals surface area contributed by atoms with Gasteiger partial charge in [0, 0.05) is 24.5 Å². The summed E-state index contributed by atoms with van der Waals surface area (Å²) in [5, 5.41) is 10.8. The molecule has 0 N–H and O–H groups in total. The minimum atomic E-state index is -0.541. The molecule has 0 aromatic heterocycles. The van der Waals surface area contributed by atoms with Crippen molar-refractivity contribution in [2.75, 3.05) is 0 Å². The predicted octanol–water partition coefficient (Wildman–Crippen LogP) is 3.16. The Morgan fingerprint density at radius 3 is 2.72 bits per heavy atom. The van der Waals surface area contributed by atoms with E-state index in [2.05, 4.69) is 0 Å². The maximum atomic E-state index is 10.8. The largest absolute Gasteiger partial charge is 0.462 e. The number of nitro groups is 1. The maximum Gasteiger partial charge on any atom is 0.273 e. The zero-order valence-electron chi connectivity index (χ0n) is 10.1. The van der Waals surface area contributed by atoms with Gasteiger partial charge in [-0.15, -0.1) is 0 Å². The Balaban J connectivity index is 1.90. The van der Waals surface area contributed by atoms with E-state index >= 15 is 0 Å². The van der Waals surface area contributed by atoms with E-state index in [0.29, 0.717) is 12.4 Å². The van der Waals surface area contributed by atoms with Crippen molar-refractivity contribution in [3.8, 4) is 5.75 Å². The Labute approximate surface area is 105 Å². The second-order valence-corrected chi connectivity index (χ2v) is 4.91. The molecule has 1 fully saturated rings. The minimum absolute atomic E-state index is 0.0709. The molecule has 5 heteroatoms. The number of benzene rings is 1. The van der Waals surface area contributed by atoms with Crippen molar-refractivity contribution in [1.29, 1.82) is 0 Å². The highest BCUT2D eigenvalue weighted by atomic mass is 16.7. The normalized spacial score (nSPS) is 21.1. The predicted molar refractivity (Wildman–Crippen MR) is 64.3 cm³/mol. The first kappa shape index (κ1) is 11.5. The molecule has 1 spiro atoms. The van der Waals surface area contributed by atoms with Gasteiger partial charge in [-0.1, -0.05) is 6.42 Å². The fraction of sp³-hybridized carbons (Fsp3) is 0.538. The summed E-state index contributed by atoms with van der Waals surface area (Å²) in [6, 6.07) is 4.71. The van der Waals surface area contributed by atoms with E-state index in [9.17, 15) is 10.1 Å². The first-order chi connectivity index (χ1) is 8.69. The van der Waals surface area contributed by atoms with E-state index in [0.717, 1.165) is 31.2 Å². The smallest absolute Gasteiger partial charge is 0.273 e. The molecule has 96 valence electrons. The Morgan fingerprint density at radius 1 is 1.22 bits per heavy atom. The number of hydrogen-bond acceptors (Lipinski definition) is 4. The van der Waals surface area contributed by atoms with Crippen LogP contribution >= 0.6 is 0 Å². The SMILES string of the molecule is O=[N+]([O-])c1ccc2c(c1)OC1(CCCCC1)OC2.